The van der Waals surface area contributed by atoms with E-state index in [0.29, 0.717) is 13.1 Å². The Morgan fingerprint density at radius 2 is 1.57 bits per heavy atom. The zero-order valence-corrected chi connectivity index (χ0v) is 13.6. The highest BCUT2D eigenvalue weighted by Gasteiger charge is 2.22. The van der Waals surface area contributed by atoms with Crippen LogP contribution in [0.4, 0.5) is 0 Å². The van der Waals surface area contributed by atoms with E-state index in [2.05, 4.69) is 12.1 Å². The predicted octanol–water partition coefficient (Wildman–Crippen LogP) is 3.78. The fraction of sp³-hybridized carbons (Fsp3) is 0.158. The summed E-state index contributed by atoms with van der Waals surface area (Å²) in [7, 11) is -3.38. The minimum absolute atomic E-state index is 0.422. The topological polar surface area (TPSA) is 37.4 Å². The van der Waals surface area contributed by atoms with E-state index in [1.54, 1.807) is 6.08 Å². The van der Waals surface area contributed by atoms with Crippen molar-refractivity contribution in [3.05, 3.63) is 83.3 Å². The predicted molar refractivity (Wildman–Crippen MR) is 95.0 cm³/mol. The maximum atomic E-state index is 12.4. The summed E-state index contributed by atoms with van der Waals surface area (Å²) in [6.45, 7) is 0.938. The molecule has 1 aliphatic heterocycles. The maximum absolute atomic E-state index is 12.4. The van der Waals surface area contributed by atoms with Crippen molar-refractivity contribution in [1.29, 1.82) is 0 Å². The monoisotopic (exact) mass is 325 g/mol. The standard InChI is InChI=1S/C19H19NO2S/c21-23(22,16-13-17-7-3-1-4-8-17)20-14-11-19(12-15-20)18-9-5-2-6-10-18/h1-11,13,16H,12,14-15H2. The molecular formula is C19H19NO2S. The lowest BCUT2D eigenvalue weighted by atomic mass is 10.0. The van der Waals surface area contributed by atoms with Crippen LogP contribution in [0.3, 0.4) is 0 Å². The summed E-state index contributed by atoms with van der Waals surface area (Å²) >= 11 is 0. The number of sulfonamides is 1. The molecule has 0 fully saturated rings. The zero-order valence-electron chi connectivity index (χ0n) is 12.8. The molecule has 2 aromatic rings. The Morgan fingerprint density at radius 3 is 2.17 bits per heavy atom. The molecular weight excluding hydrogens is 306 g/mol. The fourth-order valence-corrected chi connectivity index (χ4v) is 3.74. The van der Waals surface area contributed by atoms with E-state index in [1.807, 2.05) is 54.6 Å². The van der Waals surface area contributed by atoms with Crippen LogP contribution in [0.5, 0.6) is 0 Å². The van der Waals surface area contributed by atoms with Crippen molar-refractivity contribution in [1.82, 2.24) is 4.31 Å². The summed E-state index contributed by atoms with van der Waals surface area (Å²) in [5.41, 5.74) is 3.27. The third kappa shape index (κ3) is 3.97. The summed E-state index contributed by atoms with van der Waals surface area (Å²) in [6, 6.07) is 19.6. The highest BCUT2D eigenvalue weighted by Crippen LogP contribution is 2.23. The van der Waals surface area contributed by atoms with Crippen molar-refractivity contribution in [3.8, 4) is 0 Å². The quantitative estimate of drug-likeness (QED) is 0.858. The van der Waals surface area contributed by atoms with Gasteiger partial charge in [-0.1, -0.05) is 66.7 Å². The average molecular weight is 325 g/mol. The second-order valence-corrected chi connectivity index (χ2v) is 7.28. The molecule has 0 amide bonds. The SMILES string of the molecule is O=S(=O)(C=Cc1ccccc1)N1CC=C(c2ccccc2)CC1. The molecule has 0 bridgehead atoms. The van der Waals surface area contributed by atoms with Crippen LogP contribution in [0.2, 0.25) is 0 Å². The maximum Gasteiger partial charge on any atom is 0.236 e. The summed E-state index contributed by atoms with van der Waals surface area (Å²) in [6.07, 6.45) is 4.39. The minimum Gasteiger partial charge on any atom is -0.207 e. The molecule has 0 radical (unpaired) electrons. The Hall–Kier alpha value is -2.17. The summed E-state index contributed by atoms with van der Waals surface area (Å²) in [5, 5.41) is 1.30. The Morgan fingerprint density at radius 1 is 0.913 bits per heavy atom. The Labute approximate surface area is 137 Å². The van der Waals surface area contributed by atoms with Gasteiger partial charge in [0, 0.05) is 18.5 Å². The molecule has 0 aliphatic carbocycles. The van der Waals surface area contributed by atoms with Gasteiger partial charge in [-0.15, -0.1) is 0 Å². The molecule has 0 N–H and O–H groups in total. The first-order valence-electron chi connectivity index (χ1n) is 7.63. The van der Waals surface area contributed by atoms with Crippen molar-refractivity contribution in [2.75, 3.05) is 13.1 Å². The Balaban J connectivity index is 1.71. The smallest absolute Gasteiger partial charge is 0.207 e. The molecule has 0 atom stereocenters. The molecule has 23 heavy (non-hydrogen) atoms. The van der Waals surface area contributed by atoms with E-state index in [0.717, 1.165) is 12.0 Å². The second-order valence-electron chi connectivity index (χ2n) is 5.46. The Kier molecular flexibility index (Phi) is 4.74. The first-order valence-corrected chi connectivity index (χ1v) is 9.13. The summed E-state index contributed by atoms with van der Waals surface area (Å²) < 4.78 is 26.3. The van der Waals surface area contributed by atoms with Crippen molar-refractivity contribution in [2.45, 2.75) is 6.42 Å². The zero-order chi connectivity index (χ0) is 16.1. The third-order valence-corrected chi connectivity index (χ3v) is 5.44. The van der Waals surface area contributed by atoms with Crippen LogP contribution in [0.25, 0.3) is 11.6 Å². The lowest BCUT2D eigenvalue weighted by molar-refractivity contribution is 0.448. The molecule has 3 nitrogen and oxygen atoms in total. The van der Waals surface area contributed by atoms with Crippen LogP contribution >= 0.6 is 0 Å². The lowest BCUT2D eigenvalue weighted by Gasteiger charge is -2.24. The summed E-state index contributed by atoms with van der Waals surface area (Å²) in [5.74, 6) is 0. The van der Waals surface area contributed by atoms with E-state index in [4.69, 9.17) is 0 Å². The van der Waals surface area contributed by atoms with Crippen LogP contribution in [0, 0.1) is 0 Å². The van der Waals surface area contributed by atoms with Crippen molar-refractivity contribution >= 4 is 21.7 Å². The molecule has 0 aromatic heterocycles. The van der Waals surface area contributed by atoms with Crippen molar-refractivity contribution < 1.29 is 8.42 Å². The van der Waals surface area contributed by atoms with Crippen LogP contribution in [-0.2, 0) is 10.0 Å². The Bertz CT molecular complexity index is 809. The highest BCUT2D eigenvalue weighted by molar-refractivity contribution is 7.92. The molecule has 0 saturated carbocycles. The second kappa shape index (κ2) is 6.94. The number of nitrogens with zero attached hydrogens (tertiary/aromatic N) is 1. The number of hydrogen-bond acceptors (Lipinski definition) is 2. The largest absolute Gasteiger partial charge is 0.236 e. The van der Waals surface area contributed by atoms with Gasteiger partial charge < -0.3 is 0 Å². The van der Waals surface area contributed by atoms with Gasteiger partial charge in [0.25, 0.3) is 0 Å². The van der Waals surface area contributed by atoms with E-state index in [-0.39, 0.29) is 0 Å². The number of rotatable bonds is 4. The molecule has 1 aliphatic rings. The van der Waals surface area contributed by atoms with Gasteiger partial charge in [0.1, 0.15) is 0 Å². The normalized spacial score (nSPS) is 16.4. The van der Waals surface area contributed by atoms with Gasteiger partial charge in [0.15, 0.2) is 0 Å². The molecule has 0 saturated heterocycles. The van der Waals surface area contributed by atoms with Crippen LogP contribution in [0.15, 0.2) is 72.1 Å². The van der Waals surface area contributed by atoms with E-state index in [9.17, 15) is 8.42 Å². The molecule has 118 valence electrons. The van der Waals surface area contributed by atoms with Gasteiger partial charge in [-0.3, -0.25) is 0 Å². The van der Waals surface area contributed by atoms with E-state index < -0.39 is 10.0 Å². The third-order valence-electron chi connectivity index (χ3n) is 3.91. The van der Waals surface area contributed by atoms with Gasteiger partial charge in [0.05, 0.1) is 0 Å². The minimum atomic E-state index is -3.38. The molecule has 4 heteroatoms. The van der Waals surface area contributed by atoms with Crippen molar-refractivity contribution in [3.63, 3.8) is 0 Å². The van der Waals surface area contributed by atoms with Gasteiger partial charge in [-0.25, -0.2) is 8.42 Å². The van der Waals surface area contributed by atoms with Gasteiger partial charge >= 0.3 is 0 Å². The van der Waals surface area contributed by atoms with Gasteiger partial charge in [0.2, 0.25) is 10.0 Å². The van der Waals surface area contributed by atoms with Crippen LogP contribution in [-0.4, -0.2) is 25.8 Å². The molecule has 1 heterocycles. The fourth-order valence-electron chi connectivity index (χ4n) is 2.61. The summed E-state index contributed by atoms with van der Waals surface area (Å²) in [4.78, 5) is 0. The van der Waals surface area contributed by atoms with Crippen LogP contribution in [0.1, 0.15) is 17.5 Å². The number of hydrogen-bond donors (Lipinski definition) is 0. The van der Waals surface area contributed by atoms with E-state index in [1.165, 1.54) is 20.8 Å². The molecule has 2 aromatic carbocycles. The first-order chi connectivity index (χ1) is 11.1. The average Bonchev–Trinajstić information content (AvgIpc) is 2.62. The molecule has 3 rings (SSSR count). The van der Waals surface area contributed by atoms with Crippen LogP contribution < -0.4 is 0 Å². The number of benzene rings is 2. The highest BCUT2D eigenvalue weighted by atomic mass is 32.2. The molecule has 0 unspecified atom stereocenters. The van der Waals surface area contributed by atoms with Crippen molar-refractivity contribution in [2.24, 2.45) is 0 Å². The first kappa shape index (κ1) is 15.7. The molecule has 0 spiro atoms. The van der Waals surface area contributed by atoms with Gasteiger partial charge in [-0.2, -0.15) is 4.31 Å². The van der Waals surface area contributed by atoms with E-state index >= 15 is 0 Å². The lowest BCUT2D eigenvalue weighted by Crippen LogP contribution is -2.33. The van der Waals surface area contributed by atoms with Gasteiger partial charge in [-0.05, 0) is 29.2 Å².